The fourth-order valence-corrected chi connectivity index (χ4v) is 1.77. The lowest BCUT2D eigenvalue weighted by molar-refractivity contribution is -0.127. The summed E-state index contributed by atoms with van der Waals surface area (Å²) in [5, 5.41) is 0. The van der Waals surface area contributed by atoms with Crippen LogP contribution in [0.15, 0.2) is 0 Å². The third-order valence-electron chi connectivity index (χ3n) is 2.71. The van der Waals surface area contributed by atoms with Gasteiger partial charge in [-0.1, -0.05) is 0 Å². The topological polar surface area (TPSA) is 49.6 Å². The van der Waals surface area contributed by atoms with E-state index in [0.29, 0.717) is 12.6 Å². The Morgan fingerprint density at radius 3 is 2.85 bits per heavy atom. The van der Waals surface area contributed by atoms with Crippen molar-refractivity contribution in [1.82, 2.24) is 9.80 Å². The molecule has 2 N–H and O–H groups in total. The van der Waals surface area contributed by atoms with E-state index in [0.717, 1.165) is 26.1 Å². The first kappa shape index (κ1) is 10.5. The van der Waals surface area contributed by atoms with Gasteiger partial charge in [-0.2, -0.15) is 0 Å². The molecule has 0 radical (unpaired) electrons. The predicted octanol–water partition coefficient (Wildman–Crippen LogP) is -0.502. The summed E-state index contributed by atoms with van der Waals surface area (Å²) in [6.45, 7) is 5.00. The molecule has 13 heavy (non-hydrogen) atoms. The molecule has 0 aliphatic carbocycles. The van der Waals surface area contributed by atoms with E-state index in [2.05, 4.69) is 11.9 Å². The lowest BCUT2D eigenvalue weighted by Crippen LogP contribution is -2.38. The standard InChI is InChI=1S/C9H19N3O/c1-8(13)12-5-3-9(7-12)11(2)6-4-10/h9H,3-7,10H2,1-2H3/t9-/m1/s1. The first-order chi connectivity index (χ1) is 6.15. The highest BCUT2D eigenvalue weighted by Gasteiger charge is 2.26. The number of likely N-dealkylation sites (tertiary alicyclic amines) is 1. The Balaban J connectivity index is 2.35. The van der Waals surface area contributed by atoms with Crippen LogP contribution in [0.5, 0.6) is 0 Å². The molecule has 1 saturated heterocycles. The average Bonchev–Trinajstić information content (AvgIpc) is 2.52. The van der Waals surface area contributed by atoms with Gasteiger partial charge in [-0.05, 0) is 13.5 Å². The molecule has 4 heteroatoms. The minimum Gasteiger partial charge on any atom is -0.341 e. The minimum absolute atomic E-state index is 0.184. The number of hydrogen-bond acceptors (Lipinski definition) is 3. The summed E-state index contributed by atoms with van der Waals surface area (Å²) in [6, 6.07) is 0.507. The summed E-state index contributed by atoms with van der Waals surface area (Å²) in [6.07, 6.45) is 1.08. The molecule has 1 atom stereocenters. The van der Waals surface area contributed by atoms with Gasteiger partial charge in [-0.3, -0.25) is 4.79 Å². The van der Waals surface area contributed by atoms with E-state index in [9.17, 15) is 4.79 Å². The second kappa shape index (κ2) is 4.58. The highest BCUT2D eigenvalue weighted by atomic mass is 16.2. The molecule has 0 unspecified atom stereocenters. The van der Waals surface area contributed by atoms with Crippen molar-refractivity contribution >= 4 is 5.91 Å². The number of likely N-dealkylation sites (N-methyl/N-ethyl adjacent to an activating group) is 1. The van der Waals surface area contributed by atoms with Gasteiger partial charge < -0.3 is 15.5 Å². The van der Waals surface area contributed by atoms with Gasteiger partial charge in [0.1, 0.15) is 0 Å². The van der Waals surface area contributed by atoms with Crippen LogP contribution in [0.4, 0.5) is 0 Å². The van der Waals surface area contributed by atoms with Gasteiger partial charge in [0.2, 0.25) is 5.91 Å². The van der Waals surface area contributed by atoms with Crippen LogP contribution in [0.1, 0.15) is 13.3 Å². The van der Waals surface area contributed by atoms with Crippen molar-refractivity contribution in [3.63, 3.8) is 0 Å². The lowest BCUT2D eigenvalue weighted by atomic mass is 10.2. The molecule has 0 aromatic heterocycles. The second-order valence-electron chi connectivity index (χ2n) is 3.68. The van der Waals surface area contributed by atoms with Crippen LogP contribution in [-0.4, -0.2) is 55.0 Å². The average molecular weight is 185 g/mol. The fraction of sp³-hybridized carbons (Fsp3) is 0.889. The van der Waals surface area contributed by atoms with Crippen LogP contribution >= 0.6 is 0 Å². The van der Waals surface area contributed by atoms with Gasteiger partial charge in [-0.15, -0.1) is 0 Å². The smallest absolute Gasteiger partial charge is 0.219 e. The van der Waals surface area contributed by atoms with E-state index in [1.54, 1.807) is 6.92 Å². The van der Waals surface area contributed by atoms with Gasteiger partial charge in [0, 0.05) is 39.1 Å². The third kappa shape index (κ3) is 2.67. The Morgan fingerprint density at radius 1 is 1.69 bits per heavy atom. The normalized spacial score (nSPS) is 22.8. The summed E-state index contributed by atoms with van der Waals surface area (Å²) >= 11 is 0. The molecule has 0 bridgehead atoms. The molecule has 76 valence electrons. The largest absolute Gasteiger partial charge is 0.341 e. The number of hydrogen-bond donors (Lipinski definition) is 1. The van der Waals surface area contributed by atoms with Crippen molar-refractivity contribution in [3.8, 4) is 0 Å². The quantitative estimate of drug-likeness (QED) is 0.645. The lowest BCUT2D eigenvalue weighted by Gasteiger charge is -2.23. The van der Waals surface area contributed by atoms with Gasteiger partial charge in [0.25, 0.3) is 0 Å². The van der Waals surface area contributed by atoms with Gasteiger partial charge >= 0.3 is 0 Å². The van der Waals surface area contributed by atoms with Crippen molar-refractivity contribution in [2.75, 3.05) is 33.2 Å². The van der Waals surface area contributed by atoms with E-state index in [4.69, 9.17) is 5.73 Å². The molecule has 0 saturated carbocycles. The zero-order valence-electron chi connectivity index (χ0n) is 8.49. The van der Waals surface area contributed by atoms with E-state index in [-0.39, 0.29) is 5.91 Å². The minimum atomic E-state index is 0.184. The van der Waals surface area contributed by atoms with E-state index in [1.807, 2.05) is 4.90 Å². The van der Waals surface area contributed by atoms with Crippen LogP contribution in [0.2, 0.25) is 0 Å². The number of carbonyl (C=O) groups excluding carboxylic acids is 1. The first-order valence-electron chi connectivity index (χ1n) is 4.81. The number of nitrogens with two attached hydrogens (primary N) is 1. The van der Waals surface area contributed by atoms with E-state index >= 15 is 0 Å². The first-order valence-corrected chi connectivity index (χ1v) is 4.81. The van der Waals surface area contributed by atoms with Gasteiger partial charge in [0.15, 0.2) is 0 Å². The number of rotatable bonds is 3. The summed E-state index contributed by atoms with van der Waals surface area (Å²) in [7, 11) is 2.07. The van der Waals surface area contributed by atoms with Gasteiger partial charge in [-0.25, -0.2) is 0 Å². The maximum Gasteiger partial charge on any atom is 0.219 e. The molecule has 1 heterocycles. The highest BCUT2D eigenvalue weighted by Crippen LogP contribution is 2.13. The molecule has 0 aromatic carbocycles. The molecule has 1 rings (SSSR count). The zero-order valence-corrected chi connectivity index (χ0v) is 8.49. The predicted molar refractivity (Wildman–Crippen MR) is 52.3 cm³/mol. The van der Waals surface area contributed by atoms with Crippen LogP contribution < -0.4 is 5.73 Å². The number of nitrogens with zero attached hydrogens (tertiary/aromatic N) is 2. The Morgan fingerprint density at radius 2 is 2.38 bits per heavy atom. The van der Waals surface area contributed by atoms with Crippen LogP contribution in [0, 0.1) is 0 Å². The second-order valence-corrected chi connectivity index (χ2v) is 3.68. The van der Waals surface area contributed by atoms with Crippen molar-refractivity contribution in [1.29, 1.82) is 0 Å². The van der Waals surface area contributed by atoms with Crippen LogP contribution in [0.25, 0.3) is 0 Å². The molecular weight excluding hydrogens is 166 g/mol. The summed E-state index contributed by atoms with van der Waals surface area (Å²) in [4.78, 5) is 15.2. The van der Waals surface area contributed by atoms with Crippen LogP contribution in [-0.2, 0) is 4.79 Å². The molecule has 1 fully saturated rings. The maximum absolute atomic E-state index is 11.1. The van der Waals surface area contributed by atoms with E-state index < -0.39 is 0 Å². The Hall–Kier alpha value is -0.610. The molecule has 1 aliphatic rings. The van der Waals surface area contributed by atoms with Crippen molar-refractivity contribution in [2.24, 2.45) is 5.73 Å². The fourth-order valence-electron chi connectivity index (χ4n) is 1.77. The Bertz CT molecular complexity index is 184. The number of carbonyl (C=O) groups is 1. The third-order valence-corrected chi connectivity index (χ3v) is 2.71. The molecule has 0 spiro atoms. The maximum atomic E-state index is 11.1. The molecular formula is C9H19N3O. The van der Waals surface area contributed by atoms with Crippen molar-refractivity contribution in [3.05, 3.63) is 0 Å². The van der Waals surface area contributed by atoms with Crippen molar-refractivity contribution in [2.45, 2.75) is 19.4 Å². The monoisotopic (exact) mass is 185 g/mol. The SMILES string of the molecule is CC(=O)N1CC[C@@H](N(C)CCN)C1. The molecule has 4 nitrogen and oxygen atoms in total. The van der Waals surface area contributed by atoms with E-state index in [1.165, 1.54) is 0 Å². The number of amides is 1. The Kier molecular flexibility index (Phi) is 3.69. The Labute approximate surface area is 79.7 Å². The summed E-state index contributed by atoms with van der Waals surface area (Å²) in [5.74, 6) is 0.184. The van der Waals surface area contributed by atoms with Crippen LogP contribution in [0.3, 0.4) is 0 Å². The zero-order chi connectivity index (χ0) is 9.84. The summed E-state index contributed by atoms with van der Waals surface area (Å²) < 4.78 is 0. The highest BCUT2D eigenvalue weighted by molar-refractivity contribution is 5.73. The summed E-state index contributed by atoms with van der Waals surface area (Å²) in [5.41, 5.74) is 5.47. The molecule has 0 aromatic rings. The van der Waals surface area contributed by atoms with Crippen molar-refractivity contribution < 1.29 is 4.79 Å². The van der Waals surface area contributed by atoms with Gasteiger partial charge in [0.05, 0.1) is 0 Å². The molecule has 1 aliphatic heterocycles. The molecule has 1 amide bonds.